The number of aromatic hydroxyl groups is 1. The zero-order chi connectivity index (χ0) is 24.3. The van der Waals surface area contributed by atoms with Crippen molar-refractivity contribution in [3.8, 4) is 11.5 Å². The molecule has 0 radical (unpaired) electrons. The first-order valence-corrected chi connectivity index (χ1v) is 9.85. The van der Waals surface area contributed by atoms with Gasteiger partial charge >= 0.3 is 6.18 Å². The molecule has 1 heterocycles. The topological polar surface area (TPSA) is 84.7 Å². The number of rotatable bonds is 7. The molecule has 1 aromatic heterocycles. The Kier molecular flexibility index (Phi) is 8.33. The predicted octanol–water partition coefficient (Wildman–Crippen LogP) is 4.62. The molecule has 0 fully saturated rings. The summed E-state index contributed by atoms with van der Waals surface area (Å²) in [5, 5.41) is 10.0. The van der Waals surface area contributed by atoms with Gasteiger partial charge in [0.05, 0.1) is 18.1 Å². The number of amides is 1. The number of imidazole rings is 1. The van der Waals surface area contributed by atoms with E-state index in [0.29, 0.717) is 11.3 Å². The Morgan fingerprint density at radius 1 is 1.18 bits per heavy atom. The van der Waals surface area contributed by atoms with Crippen LogP contribution >= 0.6 is 12.4 Å². The van der Waals surface area contributed by atoms with Gasteiger partial charge in [0.1, 0.15) is 29.4 Å². The summed E-state index contributed by atoms with van der Waals surface area (Å²) in [5.41, 5.74) is -0.0896. The van der Waals surface area contributed by atoms with Gasteiger partial charge in [-0.3, -0.25) is 9.59 Å². The minimum atomic E-state index is -4.92. The number of ether oxygens (including phenoxy) is 1. The minimum absolute atomic E-state index is 0. The third-order valence-corrected chi connectivity index (χ3v) is 4.99. The van der Waals surface area contributed by atoms with Gasteiger partial charge in [-0.1, -0.05) is 24.3 Å². The van der Waals surface area contributed by atoms with Gasteiger partial charge in [-0.2, -0.15) is 13.2 Å². The van der Waals surface area contributed by atoms with E-state index < -0.39 is 34.6 Å². The molecule has 1 N–H and O–H groups in total. The Bertz CT molecular complexity index is 1190. The van der Waals surface area contributed by atoms with Crippen LogP contribution in [0.1, 0.15) is 44.5 Å². The molecule has 11 heteroatoms. The average Bonchev–Trinajstić information content (AvgIpc) is 3.16. The van der Waals surface area contributed by atoms with Gasteiger partial charge in [0.2, 0.25) is 0 Å². The van der Waals surface area contributed by atoms with E-state index in [2.05, 4.69) is 4.98 Å². The van der Waals surface area contributed by atoms with Crippen molar-refractivity contribution in [2.75, 3.05) is 7.05 Å². The van der Waals surface area contributed by atoms with Gasteiger partial charge in [-0.25, -0.2) is 4.98 Å². The molecule has 3 aromatic rings. The lowest BCUT2D eigenvalue weighted by Gasteiger charge is -2.19. The van der Waals surface area contributed by atoms with Crippen molar-refractivity contribution in [3.63, 3.8) is 0 Å². The number of aromatic nitrogens is 2. The highest BCUT2D eigenvalue weighted by atomic mass is 35.5. The van der Waals surface area contributed by atoms with E-state index in [1.807, 2.05) is 0 Å². The average molecular weight is 498 g/mol. The Morgan fingerprint density at radius 3 is 2.44 bits per heavy atom. The molecule has 2 aromatic carbocycles. The quantitative estimate of drug-likeness (QED) is 0.481. The first-order valence-electron chi connectivity index (χ1n) is 9.85. The summed E-state index contributed by atoms with van der Waals surface area (Å²) < 4.78 is 47.5. The van der Waals surface area contributed by atoms with Gasteiger partial charge in [-0.15, -0.1) is 12.4 Å². The van der Waals surface area contributed by atoms with Crippen LogP contribution in [0.4, 0.5) is 13.2 Å². The number of alkyl halides is 3. The molecule has 0 atom stereocenters. The number of phenolic OH excluding ortho intramolecular Hbond substituents is 1. The van der Waals surface area contributed by atoms with Crippen molar-refractivity contribution in [3.05, 3.63) is 76.9 Å². The number of carbonyl (C=O) groups excluding carboxylic acids is 2. The molecule has 3 rings (SSSR count). The maximum Gasteiger partial charge on any atom is 0.423 e. The Labute approximate surface area is 200 Å². The molecule has 0 saturated carbocycles. The number of hydrogen-bond donors (Lipinski definition) is 1. The second-order valence-corrected chi connectivity index (χ2v) is 7.55. The zero-order valence-electron chi connectivity index (χ0n) is 18.6. The molecular weight excluding hydrogens is 475 g/mol. The van der Waals surface area contributed by atoms with E-state index in [9.17, 15) is 27.9 Å². The van der Waals surface area contributed by atoms with Crippen molar-refractivity contribution in [2.45, 2.75) is 26.3 Å². The number of hydrogen-bond acceptors (Lipinski definition) is 5. The highest BCUT2D eigenvalue weighted by molar-refractivity contribution is 5.97. The summed E-state index contributed by atoms with van der Waals surface area (Å²) in [6.07, 6.45) is -1.93. The van der Waals surface area contributed by atoms with Crippen LogP contribution in [0.25, 0.3) is 0 Å². The Morgan fingerprint density at radius 2 is 1.85 bits per heavy atom. The fourth-order valence-corrected chi connectivity index (χ4v) is 3.33. The summed E-state index contributed by atoms with van der Waals surface area (Å²) in [5.74, 6) is -2.66. The fraction of sp³-hybridized carbons (Fsp3) is 0.261. The highest BCUT2D eigenvalue weighted by Gasteiger charge is 2.39. The van der Waals surface area contributed by atoms with E-state index in [4.69, 9.17) is 4.74 Å². The number of Topliss-reactive ketones (excluding diaryl/α,β-unsaturated/α-hetero) is 1. The Hall–Kier alpha value is -3.53. The number of benzene rings is 2. The molecule has 0 aliphatic rings. The summed E-state index contributed by atoms with van der Waals surface area (Å²) in [7, 11) is 3.34. The van der Waals surface area contributed by atoms with E-state index >= 15 is 0 Å². The summed E-state index contributed by atoms with van der Waals surface area (Å²) >= 11 is 0. The second kappa shape index (κ2) is 10.6. The lowest BCUT2D eigenvalue weighted by molar-refractivity contribution is -0.140. The van der Waals surface area contributed by atoms with Crippen LogP contribution < -0.4 is 4.74 Å². The van der Waals surface area contributed by atoms with Crippen LogP contribution in [-0.4, -0.2) is 38.3 Å². The lowest BCUT2D eigenvalue weighted by Crippen LogP contribution is -2.27. The minimum Gasteiger partial charge on any atom is -0.506 e. The van der Waals surface area contributed by atoms with Crippen LogP contribution in [0.2, 0.25) is 0 Å². The summed E-state index contributed by atoms with van der Waals surface area (Å²) in [6, 6.07) is 8.98. The first-order chi connectivity index (χ1) is 15.5. The van der Waals surface area contributed by atoms with Crippen molar-refractivity contribution in [2.24, 2.45) is 7.05 Å². The standard InChI is InChI=1S/C23H22F3N3O4.ClH/c1-14(30)17-7-8-19(20(21(17)31)23(24,25)26)33-12-16-6-4-5-15(9-16)11-28(2)22(32)18-10-27-13-29(18)3;/h4-10,13,31H,11-12H2,1-3H3;1H. The SMILES string of the molecule is CC(=O)c1ccc(OCc2cccc(CN(C)C(=O)c3cncn3C)c2)c(C(F)(F)F)c1O.Cl. The van der Waals surface area contributed by atoms with E-state index in [0.717, 1.165) is 24.6 Å². The zero-order valence-corrected chi connectivity index (χ0v) is 19.4. The number of ketones is 1. The van der Waals surface area contributed by atoms with Crippen LogP contribution in [0, 0.1) is 0 Å². The molecular formula is C23H23ClF3N3O4. The number of nitrogens with zero attached hydrogens (tertiary/aromatic N) is 3. The van der Waals surface area contributed by atoms with Crippen LogP contribution in [0.15, 0.2) is 48.9 Å². The summed E-state index contributed by atoms with van der Waals surface area (Å²) in [6.45, 7) is 1.12. The third kappa shape index (κ3) is 5.88. The van der Waals surface area contributed by atoms with Crippen molar-refractivity contribution >= 4 is 24.1 Å². The lowest BCUT2D eigenvalue weighted by atomic mass is 10.0. The smallest absolute Gasteiger partial charge is 0.423 e. The molecule has 1 amide bonds. The van der Waals surface area contributed by atoms with Crippen molar-refractivity contribution in [1.29, 1.82) is 0 Å². The van der Waals surface area contributed by atoms with E-state index in [1.54, 1.807) is 42.9 Å². The first kappa shape index (κ1) is 26.7. The monoisotopic (exact) mass is 497 g/mol. The Balaban J connectivity index is 0.00000408. The third-order valence-electron chi connectivity index (χ3n) is 4.99. The van der Waals surface area contributed by atoms with Crippen LogP contribution in [0.3, 0.4) is 0 Å². The highest BCUT2D eigenvalue weighted by Crippen LogP contribution is 2.44. The molecule has 0 saturated heterocycles. The van der Waals surface area contributed by atoms with Gasteiger partial charge in [0, 0.05) is 20.6 Å². The normalized spacial score (nSPS) is 11.0. The van der Waals surface area contributed by atoms with Crippen molar-refractivity contribution in [1.82, 2.24) is 14.5 Å². The molecule has 0 spiro atoms. The van der Waals surface area contributed by atoms with E-state index in [1.165, 1.54) is 17.4 Å². The molecule has 0 unspecified atom stereocenters. The molecule has 7 nitrogen and oxygen atoms in total. The molecule has 0 aliphatic carbocycles. The number of aryl methyl sites for hydroxylation is 1. The second-order valence-electron chi connectivity index (χ2n) is 7.55. The van der Waals surface area contributed by atoms with Crippen molar-refractivity contribution < 1.29 is 32.6 Å². The van der Waals surface area contributed by atoms with Gasteiger partial charge < -0.3 is 19.3 Å². The molecule has 0 bridgehead atoms. The van der Waals surface area contributed by atoms with Gasteiger partial charge in [-0.05, 0) is 30.2 Å². The summed E-state index contributed by atoms with van der Waals surface area (Å²) in [4.78, 5) is 29.5. The fourth-order valence-electron chi connectivity index (χ4n) is 3.33. The number of halogens is 4. The van der Waals surface area contributed by atoms with Crippen LogP contribution in [-0.2, 0) is 26.4 Å². The van der Waals surface area contributed by atoms with Gasteiger partial charge in [0.15, 0.2) is 5.78 Å². The van der Waals surface area contributed by atoms with Gasteiger partial charge in [0.25, 0.3) is 5.91 Å². The molecule has 0 aliphatic heterocycles. The van der Waals surface area contributed by atoms with E-state index in [-0.39, 0.29) is 31.5 Å². The molecule has 34 heavy (non-hydrogen) atoms. The van der Waals surface area contributed by atoms with Crippen LogP contribution in [0.5, 0.6) is 11.5 Å². The maximum absolute atomic E-state index is 13.5. The number of carbonyl (C=O) groups is 2. The number of phenols is 1. The molecule has 182 valence electrons. The largest absolute Gasteiger partial charge is 0.506 e. The predicted molar refractivity (Wildman–Crippen MR) is 120 cm³/mol. The maximum atomic E-state index is 13.5.